The van der Waals surface area contributed by atoms with E-state index in [1.165, 1.54) is 12.3 Å². The largest absolute Gasteiger partial charge is 0.494 e. The predicted molar refractivity (Wildman–Crippen MR) is 108 cm³/mol. The number of benzene rings is 1. The Morgan fingerprint density at radius 3 is 2.31 bits per heavy atom. The van der Waals surface area contributed by atoms with Gasteiger partial charge >= 0.3 is 0 Å². The van der Waals surface area contributed by atoms with E-state index in [-0.39, 0.29) is 18.2 Å². The Kier molecular flexibility index (Phi) is 6.48. The van der Waals surface area contributed by atoms with Crippen LogP contribution in [0.25, 0.3) is 0 Å². The van der Waals surface area contributed by atoms with Crippen molar-refractivity contribution in [3.05, 3.63) is 52.2 Å². The van der Waals surface area contributed by atoms with Crippen LogP contribution in [-0.4, -0.2) is 60.1 Å². The molecule has 1 aromatic heterocycles. The fourth-order valence-electron chi connectivity index (χ4n) is 3.19. The summed E-state index contributed by atoms with van der Waals surface area (Å²) in [5, 5.41) is 10.9. The van der Waals surface area contributed by atoms with Gasteiger partial charge in [0, 0.05) is 32.2 Å². The number of pyridine rings is 1. The van der Waals surface area contributed by atoms with E-state index in [0.717, 1.165) is 11.3 Å². The zero-order valence-corrected chi connectivity index (χ0v) is 16.5. The molecule has 1 aliphatic rings. The summed E-state index contributed by atoms with van der Waals surface area (Å²) in [5.74, 6) is 2.02. The number of piperazine rings is 1. The van der Waals surface area contributed by atoms with Crippen LogP contribution in [0.15, 0.2) is 36.5 Å². The van der Waals surface area contributed by atoms with Crippen LogP contribution >= 0.6 is 0 Å². The summed E-state index contributed by atoms with van der Waals surface area (Å²) < 4.78 is 11.0. The van der Waals surface area contributed by atoms with Crippen molar-refractivity contribution in [3.63, 3.8) is 0 Å². The van der Waals surface area contributed by atoms with Gasteiger partial charge in [0.2, 0.25) is 0 Å². The van der Waals surface area contributed by atoms with Gasteiger partial charge in [-0.25, -0.2) is 4.98 Å². The Labute approximate surface area is 169 Å². The van der Waals surface area contributed by atoms with Crippen LogP contribution in [0.3, 0.4) is 0 Å². The molecule has 1 amide bonds. The molecule has 1 fully saturated rings. The summed E-state index contributed by atoms with van der Waals surface area (Å²) in [7, 11) is 0. The zero-order chi connectivity index (χ0) is 20.8. The molecule has 0 N–H and O–H groups in total. The molecule has 1 aliphatic heterocycles. The monoisotopic (exact) mass is 400 g/mol. The maximum atomic E-state index is 12.4. The molecule has 0 spiro atoms. The Bertz CT molecular complexity index is 864. The molecule has 0 atom stereocenters. The van der Waals surface area contributed by atoms with E-state index in [4.69, 9.17) is 9.47 Å². The first kappa shape index (κ1) is 20.4. The maximum absolute atomic E-state index is 12.4. The van der Waals surface area contributed by atoms with Crippen molar-refractivity contribution >= 4 is 17.4 Å². The van der Waals surface area contributed by atoms with Gasteiger partial charge in [0.15, 0.2) is 6.61 Å². The second-order valence-electron chi connectivity index (χ2n) is 6.65. The number of ether oxygens (including phenoxy) is 2. The zero-order valence-electron chi connectivity index (χ0n) is 16.5. The number of hydrogen-bond donors (Lipinski definition) is 0. The van der Waals surface area contributed by atoms with Crippen molar-refractivity contribution in [2.24, 2.45) is 0 Å². The van der Waals surface area contributed by atoms with Crippen molar-refractivity contribution in [2.45, 2.75) is 13.8 Å². The number of carbonyl (C=O) groups is 1. The van der Waals surface area contributed by atoms with Crippen LogP contribution in [0, 0.1) is 17.0 Å². The van der Waals surface area contributed by atoms with E-state index in [9.17, 15) is 14.9 Å². The topological polar surface area (TPSA) is 98.0 Å². The van der Waals surface area contributed by atoms with E-state index in [1.54, 1.807) is 24.0 Å². The number of amides is 1. The van der Waals surface area contributed by atoms with E-state index >= 15 is 0 Å². The second kappa shape index (κ2) is 9.22. The molecule has 0 unspecified atom stereocenters. The average Bonchev–Trinajstić information content (AvgIpc) is 2.73. The molecule has 1 aromatic carbocycles. The third-order valence-electron chi connectivity index (χ3n) is 4.68. The molecule has 0 aliphatic carbocycles. The third kappa shape index (κ3) is 5.13. The Morgan fingerprint density at radius 1 is 1.14 bits per heavy atom. The Balaban J connectivity index is 1.50. The minimum atomic E-state index is -0.454. The first-order valence-electron chi connectivity index (χ1n) is 9.47. The van der Waals surface area contributed by atoms with Crippen molar-refractivity contribution in [3.8, 4) is 11.5 Å². The quantitative estimate of drug-likeness (QED) is 0.520. The van der Waals surface area contributed by atoms with Crippen LogP contribution in [0.4, 0.5) is 11.5 Å². The lowest BCUT2D eigenvalue weighted by Gasteiger charge is -2.35. The summed E-state index contributed by atoms with van der Waals surface area (Å²) in [6.07, 6.45) is 1.27. The number of nitro groups is 1. The molecule has 2 heterocycles. The van der Waals surface area contributed by atoms with Crippen LogP contribution < -0.4 is 14.4 Å². The van der Waals surface area contributed by atoms with Gasteiger partial charge in [0.05, 0.1) is 11.5 Å². The minimum Gasteiger partial charge on any atom is -0.494 e. The number of rotatable bonds is 7. The average molecular weight is 400 g/mol. The van der Waals surface area contributed by atoms with Gasteiger partial charge in [-0.15, -0.1) is 0 Å². The summed E-state index contributed by atoms with van der Waals surface area (Å²) in [5.41, 5.74) is 0.726. The minimum absolute atomic E-state index is 0.0218. The number of anilines is 1. The number of aromatic nitrogens is 1. The van der Waals surface area contributed by atoms with Crippen molar-refractivity contribution in [2.75, 3.05) is 44.3 Å². The molecule has 0 radical (unpaired) electrons. The SMILES string of the molecule is CCOc1ccc(OCC(=O)N2CCN(c3ncc([N+](=O)[O-])cc3C)CC2)cc1. The lowest BCUT2D eigenvalue weighted by atomic mass is 10.2. The molecule has 2 aromatic rings. The van der Waals surface area contributed by atoms with Gasteiger partial charge in [-0.05, 0) is 43.7 Å². The highest BCUT2D eigenvalue weighted by Gasteiger charge is 2.24. The molecular weight excluding hydrogens is 376 g/mol. The molecule has 9 heteroatoms. The molecule has 3 rings (SSSR count). The maximum Gasteiger partial charge on any atom is 0.287 e. The summed E-state index contributed by atoms with van der Waals surface area (Å²) in [6.45, 7) is 6.61. The fourth-order valence-corrected chi connectivity index (χ4v) is 3.19. The van der Waals surface area contributed by atoms with Crippen LogP contribution in [0.5, 0.6) is 11.5 Å². The summed E-state index contributed by atoms with van der Waals surface area (Å²) in [4.78, 5) is 30.9. The van der Waals surface area contributed by atoms with Crippen LogP contribution in [0.1, 0.15) is 12.5 Å². The molecule has 154 valence electrons. The third-order valence-corrected chi connectivity index (χ3v) is 4.68. The Morgan fingerprint density at radius 2 is 1.76 bits per heavy atom. The first-order chi connectivity index (χ1) is 14.0. The fraction of sp³-hybridized carbons (Fsp3) is 0.400. The van der Waals surface area contributed by atoms with Gasteiger partial charge in [-0.1, -0.05) is 0 Å². The van der Waals surface area contributed by atoms with Crippen molar-refractivity contribution in [1.29, 1.82) is 0 Å². The predicted octanol–water partition coefficient (Wildman–Crippen LogP) is 2.42. The van der Waals surface area contributed by atoms with Crippen molar-refractivity contribution in [1.82, 2.24) is 9.88 Å². The Hall–Kier alpha value is -3.36. The molecule has 1 saturated heterocycles. The highest BCUT2D eigenvalue weighted by Crippen LogP contribution is 2.23. The molecule has 0 bridgehead atoms. The summed E-state index contributed by atoms with van der Waals surface area (Å²) in [6, 6.07) is 8.69. The van der Waals surface area contributed by atoms with Gasteiger partial charge < -0.3 is 19.3 Å². The number of carbonyl (C=O) groups excluding carboxylic acids is 1. The number of aryl methyl sites for hydroxylation is 1. The van der Waals surface area contributed by atoms with E-state index in [1.807, 2.05) is 24.0 Å². The smallest absolute Gasteiger partial charge is 0.287 e. The van der Waals surface area contributed by atoms with E-state index in [0.29, 0.717) is 44.4 Å². The van der Waals surface area contributed by atoms with Crippen molar-refractivity contribution < 1.29 is 19.2 Å². The van der Waals surface area contributed by atoms with Gasteiger partial charge in [0.25, 0.3) is 11.6 Å². The highest BCUT2D eigenvalue weighted by molar-refractivity contribution is 5.78. The molecule has 29 heavy (non-hydrogen) atoms. The molecular formula is C20H24N4O5. The van der Waals surface area contributed by atoms with Crippen LogP contribution in [-0.2, 0) is 4.79 Å². The van der Waals surface area contributed by atoms with E-state index < -0.39 is 4.92 Å². The van der Waals surface area contributed by atoms with Gasteiger partial charge in [-0.3, -0.25) is 14.9 Å². The number of hydrogen-bond acceptors (Lipinski definition) is 7. The standard InChI is InChI=1S/C20H24N4O5/c1-3-28-17-4-6-18(7-5-17)29-14-19(25)22-8-10-23(11-9-22)20-15(2)12-16(13-21-20)24(26)27/h4-7,12-13H,3,8-11,14H2,1-2H3. The summed E-state index contributed by atoms with van der Waals surface area (Å²) >= 11 is 0. The molecule has 9 nitrogen and oxygen atoms in total. The lowest BCUT2D eigenvalue weighted by Crippen LogP contribution is -2.50. The highest BCUT2D eigenvalue weighted by atomic mass is 16.6. The first-order valence-corrected chi connectivity index (χ1v) is 9.47. The van der Waals surface area contributed by atoms with Gasteiger partial charge in [0.1, 0.15) is 23.5 Å². The second-order valence-corrected chi connectivity index (χ2v) is 6.65. The van der Waals surface area contributed by atoms with Crippen LogP contribution in [0.2, 0.25) is 0 Å². The van der Waals surface area contributed by atoms with E-state index in [2.05, 4.69) is 4.98 Å². The molecule has 0 saturated carbocycles. The normalized spacial score (nSPS) is 13.9. The lowest BCUT2D eigenvalue weighted by molar-refractivity contribution is -0.385. The van der Waals surface area contributed by atoms with Gasteiger partial charge in [-0.2, -0.15) is 0 Å². The number of nitrogens with zero attached hydrogens (tertiary/aromatic N) is 4.